The molecule has 2 rings (SSSR count). The van der Waals surface area contributed by atoms with E-state index in [4.69, 9.17) is 9.84 Å². The van der Waals surface area contributed by atoms with E-state index in [0.29, 0.717) is 31.7 Å². The fourth-order valence-corrected chi connectivity index (χ4v) is 2.24. The molecule has 0 aromatic heterocycles. The maximum absolute atomic E-state index is 11.9. The molecule has 5 nitrogen and oxygen atoms in total. The number of amides is 1. The van der Waals surface area contributed by atoms with Crippen LogP contribution >= 0.6 is 0 Å². The first-order valence-electron chi connectivity index (χ1n) is 6.57. The molecule has 0 bridgehead atoms. The molecular weight excluding hydrogens is 258 g/mol. The molecule has 1 aromatic rings. The second-order valence-electron chi connectivity index (χ2n) is 4.47. The van der Waals surface area contributed by atoms with Crippen molar-refractivity contribution in [3.8, 4) is 0 Å². The van der Waals surface area contributed by atoms with Crippen LogP contribution in [0.5, 0.6) is 0 Å². The number of ether oxygens (including phenoxy) is 1. The number of carbonyl (C=O) groups is 2. The summed E-state index contributed by atoms with van der Waals surface area (Å²) in [5, 5.41) is 8.93. The third kappa shape index (κ3) is 2.99. The van der Waals surface area contributed by atoms with Gasteiger partial charge in [0.15, 0.2) is 0 Å². The normalized spacial score (nSPS) is 14.7. The fraction of sp³-hybridized carbons (Fsp3) is 0.333. The second kappa shape index (κ2) is 6.23. The van der Waals surface area contributed by atoms with Gasteiger partial charge >= 0.3 is 12.1 Å². The topological polar surface area (TPSA) is 66.8 Å². The summed E-state index contributed by atoms with van der Waals surface area (Å²) < 4.78 is 5.05. The van der Waals surface area contributed by atoms with Gasteiger partial charge in [0, 0.05) is 13.1 Å². The van der Waals surface area contributed by atoms with Crippen LogP contribution in [0.2, 0.25) is 0 Å². The molecule has 0 spiro atoms. The van der Waals surface area contributed by atoms with Gasteiger partial charge in [0.25, 0.3) is 0 Å². The van der Waals surface area contributed by atoms with E-state index in [9.17, 15) is 9.59 Å². The van der Waals surface area contributed by atoms with Crippen molar-refractivity contribution >= 4 is 17.6 Å². The van der Waals surface area contributed by atoms with Crippen LogP contribution in [0.4, 0.5) is 4.79 Å². The lowest BCUT2D eigenvalue weighted by Gasteiger charge is -2.24. The highest BCUT2D eigenvalue weighted by Crippen LogP contribution is 2.26. The van der Waals surface area contributed by atoms with Gasteiger partial charge in [-0.25, -0.2) is 9.59 Å². The maximum Gasteiger partial charge on any atom is 0.407 e. The molecule has 106 valence electrons. The van der Waals surface area contributed by atoms with Crippen molar-refractivity contribution in [1.29, 1.82) is 0 Å². The van der Waals surface area contributed by atoms with E-state index < -0.39 is 6.09 Å². The third-order valence-electron chi connectivity index (χ3n) is 3.25. The summed E-state index contributed by atoms with van der Waals surface area (Å²) in [6, 6.07) is 7.26. The third-order valence-corrected chi connectivity index (χ3v) is 3.25. The monoisotopic (exact) mass is 275 g/mol. The van der Waals surface area contributed by atoms with Crippen molar-refractivity contribution < 1.29 is 19.4 Å². The summed E-state index contributed by atoms with van der Waals surface area (Å²) >= 11 is 0. The molecule has 20 heavy (non-hydrogen) atoms. The fourth-order valence-electron chi connectivity index (χ4n) is 2.24. The number of esters is 1. The van der Waals surface area contributed by atoms with Gasteiger partial charge in [0.1, 0.15) is 0 Å². The Morgan fingerprint density at radius 2 is 2.10 bits per heavy atom. The molecule has 5 heteroatoms. The average Bonchev–Trinajstić information content (AvgIpc) is 2.47. The lowest BCUT2D eigenvalue weighted by Crippen LogP contribution is -2.33. The van der Waals surface area contributed by atoms with Gasteiger partial charge < -0.3 is 14.7 Å². The van der Waals surface area contributed by atoms with Crippen molar-refractivity contribution in [2.75, 3.05) is 19.7 Å². The molecule has 0 radical (unpaired) electrons. The molecule has 0 atom stereocenters. The predicted octanol–water partition coefficient (Wildman–Crippen LogP) is 2.63. The lowest BCUT2D eigenvalue weighted by molar-refractivity contribution is 0.0526. The molecule has 0 saturated carbocycles. The van der Waals surface area contributed by atoms with Crippen LogP contribution in [0.15, 0.2) is 30.3 Å². The first kappa shape index (κ1) is 14.1. The smallest absolute Gasteiger partial charge is 0.407 e. The van der Waals surface area contributed by atoms with Gasteiger partial charge in [-0.05, 0) is 30.5 Å². The maximum atomic E-state index is 11.9. The van der Waals surface area contributed by atoms with Gasteiger partial charge in [-0.1, -0.05) is 24.3 Å². The molecule has 0 fully saturated rings. The van der Waals surface area contributed by atoms with Crippen LogP contribution in [0.1, 0.15) is 29.3 Å². The van der Waals surface area contributed by atoms with Crippen molar-refractivity contribution in [2.24, 2.45) is 0 Å². The summed E-state index contributed by atoms with van der Waals surface area (Å²) in [6.45, 7) is 2.89. The number of benzene rings is 1. The van der Waals surface area contributed by atoms with Crippen LogP contribution in [0.25, 0.3) is 5.57 Å². The highest BCUT2D eigenvalue weighted by molar-refractivity contribution is 5.95. The first-order valence-corrected chi connectivity index (χ1v) is 6.57. The summed E-state index contributed by atoms with van der Waals surface area (Å²) in [4.78, 5) is 24.2. The van der Waals surface area contributed by atoms with Crippen LogP contribution in [0, 0.1) is 0 Å². The molecule has 0 aliphatic carbocycles. The van der Waals surface area contributed by atoms with E-state index in [1.54, 1.807) is 19.1 Å². The lowest BCUT2D eigenvalue weighted by atomic mass is 9.95. The van der Waals surface area contributed by atoms with Crippen LogP contribution in [0.3, 0.4) is 0 Å². The Balaban J connectivity index is 2.26. The van der Waals surface area contributed by atoms with Gasteiger partial charge in [0.05, 0.1) is 12.2 Å². The van der Waals surface area contributed by atoms with Crippen molar-refractivity contribution in [3.05, 3.63) is 41.5 Å². The van der Waals surface area contributed by atoms with Gasteiger partial charge in [-0.3, -0.25) is 0 Å². The Bertz CT molecular complexity index is 551. The second-order valence-corrected chi connectivity index (χ2v) is 4.47. The summed E-state index contributed by atoms with van der Waals surface area (Å²) in [5.74, 6) is -0.343. The van der Waals surface area contributed by atoms with E-state index >= 15 is 0 Å². The first-order chi connectivity index (χ1) is 9.63. The quantitative estimate of drug-likeness (QED) is 0.861. The number of nitrogens with zero attached hydrogens (tertiary/aromatic N) is 1. The molecule has 1 amide bonds. The van der Waals surface area contributed by atoms with Crippen molar-refractivity contribution in [3.63, 3.8) is 0 Å². The van der Waals surface area contributed by atoms with Crippen LogP contribution < -0.4 is 0 Å². The Labute approximate surface area is 117 Å². The average molecular weight is 275 g/mol. The number of hydrogen-bond donors (Lipinski definition) is 1. The standard InChI is InChI=1S/C15H17NO4/c1-2-20-14(17)13-6-4-3-5-12(13)11-7-9-16(10-8-11)15(18)19/h3-7H,2,8-10H2,1H3,(H,18,19). The van der Waals surface area contributed by atoms with Crippen LogP contribution in [-0.2, 0) is 4.74 Å². The summed E-state index contributed by atoms with van der Waals surface area (Å²) in [5.41, 5.74) is 2.35. The minimum Gasteiger partial charge on any atom is -0.465 e. The Morgan fingerprint density at radius 1 is 1.35 bits per heavy atom. The van der Waals surface area contributed by atoms with Gasteiger partial charge in [-0.2, -0.15) is 0 Å². The molecule has 1 heterocycles. The molecular formula is C15H17NO4. The largest absolute Gasteiger partial charge is 0.465 e. The SMILES string of the molecule is CCOC(=O)c1ccccc1C1=CCN(C(=O)O)CC1. The van der Waals surface area contributed by atoms with Crippen molar-refractivity contribution in [2.45, 2.75) is 13.3 Å². The van der Waals surface area contributed by atoms with Crippen LogP contribution in [-0.4, -0.2) is 41.8 Å². The zero-order valence-corrected chi connectivity index (χ0v) is 11.3. The summed E-state index contributed by atoms with van der Waals surface area (Å²) in [7, 11) is 0. The van der Waals surface area contributed by atoms with E-state index in [1.165, 1.54) is 4.90 Å². The van der Waals surface area contributed by atoms with Gasteiger partial charge in [0.2, 0.25) is 0 Å². The number of carboxylic acid groups (broad SMARTS) is 1. The zero-order chi connectivity index (χ0) is 14.5. The highest BCUT2D eigenvalue weighted by Gasteiger charge is 2.20. The number of carbonyl (C=O) groups excluding carboxylic acids is 1. The summed E-state index contributed by atoms with van der Waals surface area (Å²) in [6.07, 6.45) is 1.54. The molecule has 0 unspecified atom stereocenters. The van der Waals surface area contributed by atoms with Gasteiger partial charge in [-0.15, -0.1) is 0 Å². The Kier molecular flexibility index (Phi) is 4.40. The minimum atomic E-state index is -0.918. The molecule has 1 N–H and O–H groups in total. The number of rotatable bonds is 3. The van der Waals surface area contributed by atoms with E-state index in [-0.39, 0.29) is 5.97 Å². The Hall–Kier alpha value is -2.30. The molecule has 0 saturated heterocycles. The zero-order valence-electron chi connectivity index (χ0n) is 11.3. The predicted molar refractivity (Wildman–Crippen MR) is 74.6 cm³/mol. The van der Waals surface area contributed by atoms with E-state index in [0.717, 1.165) is 11.1 Å². The van der Waals surface area contributed by atoms with E-state index in [2.05, 4.69) is 0 Å². The molecule has 1 aliphatic rings. The Morgan fingerprint density at radius 3 is 2.70 bits per heavy atom. The minimum absolute atomic E-state index is 0.332. The van der Waals surface area contributed by atoms with Crippen molar-refractivity contribution in [1.82, 2.24) is 4.90 Å². The number of hydrogen-bond acceptors (Lipinski definition) is 3. The molecule has 1 aliphatic heterocycles. The van der Waals surface area contributed by atoms with E-state index in [1.807, 2.05) is 18.2 Å². The highest BCUT2D eigenvalue weighted by atomic mass is 16.5. The molecule has 1 aromatic carbocycles.